The molecule has 6 heteroatoms. The van der Waals surface area contributed by atoms with E-state index in [0.717, 1.165) is 11.1 Å². The second-order valence-corrected chi connectivity index (χ2v) is 5.66. The van der Waals surface area contributed by atoms with Crippen LogP contribution in [0.15, 0.2) is 48.0 Å². The molecule has 0 aromatic heterocycles. The Kier molecular flexibility index (Phi) is 6.12. The Morgan fingerprint density at radius 1 is 1.23 bits per heavy atom. The van der Waals surface area contributed by atoms with Crippen molar-refractivity contribution in [2.75, 3.05) is 11.9 Å². The molecule has 0 atom stereocenters. The molecule has 26 heavy (non-hydrogen) atoms. The summed E-state index contributed by atoms with van der Waals surface area (Å²) in [6.07, 6.45) is 1.37. The summed E-state index contributed by atoms with van der Waals surface area (Å²) >= 11 is 0. The van der Waals surface area contributed by atoms with Gasteiger partial charge in [-0.15, -0.1) is 0 Å². The summed E-state index contributed by atoms with van der Waals surface area (Å²) in [6, 6.07) is 14.0. The Morgan fingerprint density at radius 2 is 1.96 bits per heavy atom. The standard InChI is InChI=1S/C20H18N2O4/c1-13-7-8-17(14(2)9-13)22-20(25)16(11-21)10-15-5-3-4-6-18(15)26-12-19(23)24/h3-10H,12H2,1-2H3,(H,22,25)(H,23,24). The summed E-state index contributed by atoms with van der Waals surface area (Å²) < 4.78 is 5.19. The Hall–Kier alpha value is -3.59. The van der Waals surface area contributed by atoms with Crippen molar-refractivity contribution in [3.8, 4) is 11.8 Å². The van der Waals surface area contributed by atoms with Crippen molar-refractivity contribution in [1.82, 2.24) is 0 Å². The van der Waals surface area contributed by atoms with Crippen molar-refractivity contribution >= 4 is 23.6 Å². The van der Waals surface area contributed by atoms with Crippen molar-refractivity contribution < 1.29 is 19.4 Å². The van der Waals surface area contributed by atoms with E-state index in [4.69, 9.17) is 9.84 Å². The van der Waals surface area contributed by atoms with Gasteiger partial charge in [0.05, 0.1) is 0 Å². The maximum Gasteiger partial charge on any atom is 0.341 e. The van der Waals surface area contributed by atoms with E-state index in [0.29, 0.717) is 11.3 Å². The molecule has 0 spiro atoms. The third-order valence-electron chi connectivity index (χ3n) is 3.57. The van der Waals surface area contributed by atoms with Gasteiger partial charge < -0.3 is 15.2 Å². The van der Waals surface area contributed by atoms with Crippen molar-refractivity contribution in [1.29, 1.82) is 5.26 Å². The van der Waals surface area contributed by atoms with Crippen LogP contribution in [0.25, 0.3) is 6.08 Å². The molecule has 132 valence electrons. The second-order valence-electron chi connectivity index (χ2n) is 5.66. The van der Waals surface area contributed by atoms with E-state index in [-0.39, 0.29) is 11.3 Å². The summed E-state index contributed by atoms with van der Waals surface area (Å²) in [4.78, 5) is 23.1. The first-order chi connectivity index (χ1) is 12.4. The van der Waals surface area contributed by atoms with E-state index >= 15 is 0 Å². The lowest BCUT2D eigenvalue weighted by Crippen LogP contribution is -2.14. The number of carboxylic acids is 1. The molecule has 0 saturated heterocycles. The van der Waals surface area contributed by atoms with Crippen molar-refractivity contribution in [2.24, 2.45) is 0 Å². The molecule has 6 nitrogen and oxygen atoms in total. The predicted molar refractivity (Wildman–Crippen MR) is 97.7 cm³/mol. The SMILES string of the molecule is Cc1ccc(NC(=O)C(C#N)=Cc2ccccc2OCC(=O)O)c(C)c1. The first-order valence-corrected chi connectivity index (χ1v) is 7.84. The number of carboxylic acid groups (broad SMARTS) is 1. The zero-order chi connectivity index (χ0) is 19.1. The van der Waals surface area contributed by atoms with Gasteiger partial charge in [0.1, 0.15) is 17.4 Å². The lowest BCUT2D eigenvalue weighted by atomic mass is 10.1. The number of aryl methyl sites for hydroxylation is 2. The summed E-state index contributed by atoms with van der Waals surface area (Å²) in [7, 11) is 0. The molecule has 2 aromatic rings. The number of nitrogens with zero attached hydrogens (tertiary/aromatic N) is 1. The number of nitriles is 1. The first-order valence-electron chi connectivity index (χ1n) is 7.84. The molecular formula is C20H18N2O4. The number of carbonyl (C=O) groups excluding carboxylic acids is 1. The highest BCUT2D eigenvalue weighted by Crippen LogP contribution is 2.22. The van der Waals surface area contributed by atoms with Crippen LogP contribution in [0.4, 0.5) is 5.69 Å². The van der Waals surface area contributed by atoms with Gasteiger partial charge in [0.2, 0.25) is 0 Å². The molecule has 2 N–H and O–H groups in total. The fourth-order valence-corrected chi connectivity index (χ4v) is 2.32. The van der Waals surface area contributed by atoms with Crippen LogP contribution < -0.4 is 10.1 Å². The van der Waals surface area contributed by atoms with E-state index < -0.39 is 18.5 Å². The number of anilines is 1. The van der Waals surface area contributed by atoms with Gasteiger partial charge in [-0.2, -0.15) is 5.26 Å². The smallest absolute Gasteiger partial charge is 0.341 e. The zero-order valence-electron chi connectivity index (χ0n) is 14.4. The van der Waals surface area contributed by atoms with Gasteiger partial charge in [-0.3, -0.25) is 4.79 Å². The monoisotopic (exact) mass is 350 g/mol. The number of para-hydroxylation sites is 1. The number of hydrogen-bond acceptors (Lipinski definition) is 4. The molecule has 0 fully saturated rings. The van der Waals surface area contributed by atoms with E-state index in [1.165, 1.54) is 6.08 Å². The fraction of sp³-hybridized carbons (Fsp3) is 0.150. The summed E-state index contributed by atoms with van der Waals surface area (Å²) in [6.45, 7) is 3.31. The summed E-state index contributed by atoms with van der Waals surface area (Å²) in [5, 5.41) is 20.8. The lowest BCUT2D eigenvalue weighted by Gasteiger charge is -2.10. The molecule has 0 radical (unpaired) electrons. The molecule has 0 aliphatic heterocycles. The van der Waals surface area contributed by atoms with Crippen molar-refractivity contribution in [3.63, 3.8) is 0 Å². The number of ether oxygens (including phenoxy) is 1. The molecule has 1 amide bonds. The Labute approximate surface area is 151 Å². The van der Waals surface area contributed by atoms with Gasteiger partial charge in [-0.05, 0) is 37.6 Å². The van der Waals surface area contributed by atoms with Gasteiger partial charge in [-0.1, -0.05) is 35.9 Å². The first kappa shape index (κ1) is 18.7. The molecule has 2 rings (SSSR count). The van der Waals surface area contributed by atoms with Gasteiger partial charge in [0, 0.05) is 11.3 Å². The molecule has 0 unspecified atom stereocenters. The molecule has 2 aromatic carbocycles. The normalized spacial score (nSPS) is 10.7. The molecular weight excluding hydrogens is 332 g/mol. The molecule has 0 heterocycles. The second kappa shape index (κ2) is 8.49. The molecule has 0 bridgehead atoms. The highest BCUT2D eigenvalue weighted by Gasteiger charge is 2.13. The van der Waals surface area contributed by atoms with Crippen molar-refractivity contribution in [2.45, 2.75) is 13.8 Å². The number of hydrogen-bond donors (Lipinski definition) is 2. The van der Waals surface area contributed by atoms with Crippen LogP contribution in [0.5, 0.6) is 5.75 Å². The van der Waals surface area contributed by atoms with E-state index in [2.05, 4.69) is 5.32 Å². The number of amides is 1. The molecule has 0 aliphatic rings. The van der Waals surface area contributed by atoms with E-state index in [9.17, 15) is 14.9 Å². The largest absolute Gasteiger partial charge is 0.481 e. The van der Waals surface area contributed by atoms with Crippen LogP contribution in [-0.4, -0.2) is 23.6 Å². The van der Waals surface area contributed by atoms with Crippen LogP contribution in [0.3, 0.4) is 0 Å². The minimum atomic E-state index is -1.11. The average Bonchev–Trinajstić information content (AvgIpc) is 2.60. The zero-order valence-corrected chi connectivity index (χ0v) is 14.4. The van der Waals surface area contributed by atoms with Crippen LogP contribution in [0.2, 0.25) is 0 Å². The van der Waals surface area contributed by atoms with Gasteiger partial charge in [-0.25, -0.2) is 4.79 Å². The number of rotatable bonds is 6. The minimum absolute atomic E-state index is 0.114. The third kappa shape index (κ3) is 4.95. The topological polar surface area (TPSA) is 99.4 Å². The Bertz CT molecular complexity index is 910. The fourth-order valence-electron chi connectivity index (χ4n) is 2.32. The quantitative estimate of drug-likeness (QED) is 0.615. The molecule has 0 aliphatic carbocycles. The van der Waals surface area contributed by atoms with Crippen molar-refractivity contribution in [3.05, 3.63) is 64.7 Å². The minimum Gasteiger partial charge on any atom is -0.481 e. The lowest BCUT2D eigenvalue weighted by molar-refractivity contribution is -0.139. The van der Waals surface area contributed by atoms with Gasteiger partial charge in [0.25, 0.3) is 5.91 Å². The van der Waals surface area contributed by atoms with Gasteiger partial charge >= 0.3 is 5.97 Å². The molecule has 0 saturated carbocycles. The number of carbonyl (C=O) groups is 2. The highest BCUT2D eigenvalue weighted by atomic mass is 16.5. The number of benzene rings is 2. The number of aliphatic carboxylic acids is 1. The van der Waals surface area contributed by atoms with Crippen LogP contribution in [0, 0.1) is 25.2 Å². The predicted octanol–water partition coefficient (Wildman–Crippen LogP) is 3.31. The summed E-state index contributed by atoms with van der Waals surface area (Å²) in [5.41, 5.74) is 2.91. The maximum absolute atomic E-state index is 12.4. The van der Waals surface area contributed by atoms with Gasteiger partial charge in [0.15, 0.2) is 6.61 Å². The average molecular weight is 350 g/mol. The highest BCUT2D eigenvalue weighted by molar-refractivity contribution is 6.10. The van der Waals surface area contributed by atoms with E-state index in [1.54, 1.807) is 30.3 Å². The van der Waals surface area contributed by atoms with Crippen LogP contribution in [0.1, 0.15) is 16.7 Å². The Balaban J connectivity index is 2.26. The maximum atomic E-state index is 12.4. The third-order valence-corrected chi connectivity index (χ3v) is 3.57. The number of nitrogens with one attached hydrogen (secondary N) is 1. The summed E-state index contributed by atoms with van der Waals surface area (Å²) in [5.74, 6) is -1.38. The van der Waals surface area contributed by atoms with Crippen LogP contribution in [-0.2, 0) is 9.59 Å². The van der Waals surface area contributed by atoms with E-state index in [1.807, 2.05) is 32.0 Å². The Morgan fingerprint density at radius 3 is 2.62 bits per heavy atom. The van der Waals surface area contributed by atoms with Crippen LogP contribution >= 0.6 is 0 Å².